The molecule has 0 amide bonds. The molecule has 0 atom stereocenters. The van der Waals surface area contributed by atoms with E-state index in [4.69, 9.17) is 14.0 Å². The van der Waals surface area contributed by atoms with Gasteiger partial charge in [0, 0.05) is 16.2 Å². The second-order valence-corrected chi connectivity index (χ2v) is 12.1. The molecule has 0 aliphatic carbocycles. The van der Waals surface area contributed by atoms with Crippen molar-refractivity contribution in [1.29, 1.82) is 0 Å². The van der Waals surface area contributed by atoms with Crippen molar-refractivity contribution >= 4 is 54.3 Å². The first-order valence-corrected chi connectivity index (χ1v) is 16.1. The van der Waals surface area contributed by atoms with E-state index in [1.54, 1.807) is 0 Å². The van der Waals surface area contributed by atoms with Gasteiger partial charge in [-0.05, 0) is 89.6 Å². The summed E-state index contributed by atoms with van der Waals surface area (Å²) in [5.74, 6) is 0. The van der Waals surface area contributed by atoms with Gasteiger partial charge in [0.1, 0.15) is 11.2 Å². The Morgan fingerprint density at radius 3 is 1.53 bits per heavy atom. The fourth-order valence-electron chi connectivity index (χ4n) is 7.26. The standard InChI is InChI=1S/C48H30O/c1-3-13-31(14-4-1)32-23-25-34(26-24-32)46-37-18-8-10-20-39(37)47(40-21-11-9-19-38(40)46)35-27-28-45-43(29-35)44-30-42(33-15-5-2-6-16-33)36-17-7-12-22-41(36)48(44)49-45/h1-30H/i1D,3D,4D,13D,14D,23D,24D,25D,26D. The summed E-state index contributed by atoms with van der Waals surface area (Å²) in [6.45, 7) is 0. The van der Waals surface area contributed by atoms with Crippen molar-refractivity contribution in [2.45, 2.75) is 0 Å². The van der Waals surface area contributed by atoms with Gasteiger partial charge in [0.2, 0.25) is 0 Å². The highest BCUT2D eigenvalue weighted by molar-refractivity contribution is 6.23. The highest BCUT2D eigenvalue weighted by Crippen LogP contribution is 2.46. The van der Waals surface area contributed by atoms with Gasteiger partial charge in [-0.1, -0.05) is 164 Å². The second kappa shape index (κ2) is 11.1. The van der Waals surface area contributed by atoms with Crippen LogP contribution in [0.5, 0.6) is 0 Å². The minimum Gasteiger partial charge on any atom is -0.455 e. The van der Waals surface area contributed by atoms with E-state index in [1.165, 1.54) is 0 Å². The zero-order chi connectivity index (χ0) is 40.1. The fraction of sp³-hybridized carbons (Fsp3) is 0. The summed E-state index contributed by atoms with van der Waals surface area (Å²) in [5, 5.41) is 7.16. The maximum Gasteiger partial charge on any atom is 0.143 e. The molecule has 49 heavy (non-hydrogen) atoms. The highest BCUT2D eigenvalue weighted by atomic mass is 16.3. The molecule has 228 valence electrons. The third-order valence-corrected chi connectivity index (χ3v) is 9.41. The van der Waals surface area contributed by atoms with E-state index in [2.05, 4.69) is 36.4 Å². The first-order chi connectivity index (χ1) is 28.1. The van der Waals surface area contributed by atoms with Crippen molar-refractivity contribution in [2.75, 3.05) is 0 Å². The molecule has 1 heteroatoms. The molecule has 0 aliphatic rings. The number of benzene rings is 9. The van der Waals surface area contributed by atoms with Gasteiger partial charge in [-0.15, -0.1) is 0 Å². The van der Waals surface area contributed by atoms with Gasteiger partial charge in [-0.2, -0.15) is 0 Å². The van der Waals surface area contributed by atoms with Crippen molar-refractivity contribution in [3.05, 3.63) is 182 Å². The lowest BCUT2D eigenvalue weighted by molar-refractivity contribution is 0.673. The summed E-state index contributed by atoms with van der Waals surface area (Å²) in [6.07, 6.45) is 0. The molecule has 0 radical (unpaired) electrons. The van der Waals surface area contributed by atoms with E-state index < -0.39 is 42.3 Å². The van der Waals surface area contributed by atoms with Gasteiger partial charge in [0.25, 0.3) is 0 Å². The van der Waals surface area contributed by atoms with Crippen LogP contribution >= 0.6 is 0 Å². The predicted molar refractivity (Wildman–Crippen MR) is 208 cm³/mol. The predicted octanol–water partition coefficient (Wildman–Crippen LogP) is 13.7. The quantitative estimate of drug-likeness (QED) is 0.176. The van der Waals surface area contributed by atoms with Gasteiger partial charge in [0.05, 0.1) is 12.3 Å². The Morgan fingerprint density at radius 2 is 0.878 bits per heavy atom. The van der Waals surface area contributed by atoms with Crippen LogP contribution in [-0.4, -0.2) is 0 Å². The van der Waals surface area contributed by atoms with Crippen LogP contribution in [-0.2, 0) is 0 Å². The first-order valence-electron chi connectivity index (χ1n) is 20.6. The Bertz CT molecular complexity index is 3270. The Labute approximate surface area is 297 Å². The van der Waals surface area contributed by atoms with Gasteiger partial charge in [0.15, 0.2) is 0 Å². The SMILES string of the molecule is [2H]c1c([2H])c([2H])c(-c2c([2H])c([2H])c(-c3c4ccccc4c(-c4ccc5oc6c7ccccc7c(-c7ccccc7)cc6c5c4)c4ccccc34)c([2H])c2[2H])c([2H])c1[2H]. The molecule has 0 N–H and O–H groups in total. The van der Waals surface area contributed by atoms with E-state index in [1.807, 2.05) is 91.0 Å². The molecule has 1 heterocycles. The molecule has 10 aromatic rings. The van der Waals surface area contributed by atoms with Crippen LogP contribution in [0.1, 0.15) is 12.3 Å². The van der Waals surface area contributed by atoms with Crippen LogP contribution in [0.2, 0.25) is 0 Å². The molecule has 1 nitrogen and oxygen atoms in total. The van der Waals surface area contributed by atoms with Crippen molar-refractivity contribution in [3.63, 3.8) is 0 Å². The Hall–Kier alpha value is -6.44. The number of rotatable bonds is 4. The summed E-state index contributed by atoms with van der Waals surface area (Å²) in [4.78, 5) is 0. The number of hydrogen-bond donors (Lipinski definition) is 0. The molecule has 0 fully saturated rings. The van der Waals surface area contributed by atoms with Crippen LogP contribution < -0.4 is 0 Å². The van der Waals surface area contributed by atoms with Crippen LogP contribution in [0.3, 0.4) is 0 Å². The van der Waals surface area contributed by atoms with Crippen molar-refractivity contribution < 1.29 is 16.8 Å². The van der Waals surface area contributed by atoms with Crippen LogP contribution in [0, 0.1) is 0 Å². The average molecular weight is 632 g/mol. The van der Waals surface area contributed by atoms with Gasteiger partial charge < -0.3 is 4.42 Å². The molecule has 10 rings (SSSR count). The number of furan rings is 1. The molecule has 0 aliphatic heterocycles. The average Bonchev–Trinajstić information content (AvgIpc) is 3.63. The lowest BCUT2D eigenvalue weighted by Crippen LogP contribution is -1.91. The van der Waals surface area contributed by atoms with Crippen molar-refractivity contribution in [2.24, 2.45) is 0 Å². The third-order valence-electron chi connectivity index (χ3n) is 9.41. The van der Waals surface area contributed by atoms with Gasteiger partial charge in [-0.25, -0.2) is 0 Å². The van der Waals surface area contributed by atoms with E-state index >= 15 is 0 Å². The van der Waals surface area contributed by atoms with E-state index in [-0.39, 0.29) is 28.8 Å². The molecular weight excluding hydrogens is 593 g/mol. The number of hydrogen-bond acceptors (Lipinski definition) is 1. The summed E-state index contributed by atoms with van der Waals surface area (Å²) >= 11 is 0. The lowest BCUT2D eigenvalue weighted by atomic mass is 9.85. The molecule has 0 bridgehead atoms. The maximum atomic E-state index is 9.35. The monoisotopic (exact) mass is 631 g/mol. The fourth-order valence-corrected chi connectivity index (χ4v) is 7.26. The smallest absolute Gasteiger partial charge is 0.143 e. The van der Waals surface area contributed by atoms with Gasteiger partial charge >= 0.3 is 0 Å². The lowest BCUT2D eigenvalue weighted by Gasteiger charge is -2.18. The summed E-state index contributed by atoms with van der Waals surface area (Å²) < 4.78 is 85.1. The normalized spacial score (nSPS) is 14.2. The van der Waals surface area contributed by atoms with E-state index in [9.17, 15) is 2.74 Å². The molecule has 0 unspecified atom stereocenters. The minimum atomic E-state index is -0.615. The summed E-state index contributed by atoms with van der Waals surface area (Å²) in [6, 6.07) is 37.7. The second-order valence-electron chi connectivity index (χ2n) is 12.1. The summed E-state index contributed by atoms with van der Waals surface area (Å²) in [5.41, 5.74) is 5.49. The van der Waals surface area contributed by atoms with Gasteiger partial charge in [-0.3, -0.25) is 0 Å². The maximum absolute atomic E-state index is 9.35. The third kappa shape index (κ3) is 4.40. The first kappa shape index (κ1) is 20.0. The molecule has 0 saturated heterocycles. The topological polar surface area (TPSA) is 13.1 Å². The van der Waals surface area contributed by atoms with Crippen molar-refractivity contribution in [3.8, 4) is 44.5 Å². The van der Waals surface area contributed by atoms with E-state index in [0.29, 0.717) is 16.3 Å². The van der Waals surface area contributed by atoms with Crippen LogP contribution in [0.4, 0.5) is 0 Å². The van der Waals surface area contributed by atoms with Crippen LogP contribution in [0.15, 0.2) is 186 Å². The molecule has 0 saturated carbocycles. The molecule has 1 aromatic heterocycles. The number of fused-ring (bicyclic) bond motifs is 7. The van der Waals surface area contributed by atoms with Crippen molar-refractivity contribution in [1.82, 2.24) is 0 Å². The Balaban J connectivity index is 1.25. The zero-order valence-corrected chi connectivity index (χ0v) is 26.0. The Kier molecular flexibility index (Phi) is 4.53. The summed E-state index contributed by atoms with van der Waals surface area (Å²) in [7, 11) is 0. The van der Waals surface area contributed by atoms with Crippen LogP contribution in [0.25, 0.3) is 98.8 Å². The largest absolute Gasteiger partial charge is 0.455 e. The van der Waals surface area contributed by atoms with E-state index in [0.717, 1.165) is 65.7 Å². The highest BCUT2D eigenvalue weighted by Gasteiger charge is 2.19. The minimum absolute atomic E-state index is 0.0571. The Morgan fingerprint density at radius 1 is 0.347 bits per heavy atom. The molecule has 0 spiro atoms. The molecule has 9 aromatic carbocycles. The zero-order valence-electron chi connectivity index (χ0n) is 35.0. The molecular formula is C48H30O.